The lowest BCUT2D eigenvalue weighted by Crippen LogP contribution is -2.49. The molecule has 5 nitrogen and oxygen atoms in total. The van der Waals surface area contributed by atoms with Crippen molar-refractivity contribution in [2.24, 2.45) is 5.92 Å². The normalized spacial score (nSPS) is 24.3. The molecule has 0 spiro atoms. The number of carboxylic acids is 1. The Morgan fingerprint density at radius 3 is 2.81 bits per heavy atom. The zero-order valence-electron chi connectivity index (χ0n) is 11.8. The van der Waals surface area contributed by atoms with Crippen LogP contribution >= 0.6 is 0 Å². The SMILES string of the molecule is CC1CCN(C(=O)N2CCc3ccc(F)cc32)C1C(=O)O. The lowest BCUT2D eigenvalue weighted by Gasteiger charge is -2.28. The number of urea groups is 1. The molecule has 0 radical (unpaired) electrons. The van der Waals surface area contributed by atoms with E-state index in [0.717, 1.165) is 5.56 Å². The summed E-state index contributed by atoms with van der Waals surface area (Å²) in [6.07, 6.45) is 1.34. The summed E-state index contributed by atoms with van der Waals surface area (Å²) in [5, 5.41) is 9.31. The van der Waals surface area contributed by atoms with Crippen molar-refractivity contribution < 1.29 is 19.1 Å². The molecule has 1 N–H and O–H groups in total. The van der Waals surface area contributed by atoms with Gasteiger partial charge in [0.15, 0.2) is 0 Å². The molecule has 2 amide bonds. The van der Waals surface area contributed by atoms with Crippen LogP contribution < -0.4 is 4.90 Å². The number of likely N-dealkylation sites (tertiary alicyclic amines) is 1. The molecule has 0 aliphatic carbocycles. The Bertz CT molecular complexity index is 605. The van der Waals surface area contributed by atoms with E-state index in [0.29, 0.717) is 31.6 Å². The predicted molar refractivity (Wildman–Crippen MR) is 74.8 cm³/mol. The Hall–Kier alpha value is -2.11. The predicted octanol–water partition coefficient (Wildman–Crippen LogP) is 2.10. The number of benzene rings is 1. The van der Waals surface area contributed by atoms with Crippen molar-refractivity contribution in [2.45, 2.75) is 25.8 Å². The van der Waals surface area contributed by atoms with Gasteiger partial charge >= 0.3 is 12.0 Å². The number of amides is 2. The number of halogens is 1. The van der Waals surface area contributed by atoms with E-state index in [1.54, 1.807) is 6.07 Å². The molecule has 0 bridgehead atoms. The van der Waals surface area contributed by atoms with Crippen molar-refractivity contribution in [1.82, 2.24) is 4.90 Å². The zero-order chi connectivity index (χ0) is 15.1. The number of carboxylic acid groups (broad SMARTS) is 1. The van der Waals surface area contributed by atoms with Gasteiger partial charge in [0.05, 0.1) is 5.69 Å². The Morgan fingerprint density at radius 2 is 2.10 bits per heavy atom. The molecule has 1 fully saturated rings. The molecule has 2 aliphatic rings. The third-order valence-electron chi connectivity index (χ3n) is 4.37. The minimum atomic E-state index is -0.980. The Balaban J connectivity index is 1.88. The second kappa shape index (κ2) is 5.02. The van der Waals surface area contributed by atoms with E-state index in [1.165, 1.54) is 21.9 Å². The molecular formula is C15H17FN2O3. The van der Waals surface area contributed by atoms with Gasteiger partial charge in [-0.05, 0) is 36.5 Å². The number of anilines is 1. The van der Waals surface area contributed by atoms with Crippen molar-refractivity contribution in [3.8, 4) is 0 Å². The topological polar surface area (TPSA) is 60.9 Å². The van der Waals surface area contributed by atoms with Crippen molar-refractivity contribution in [3.63, 3.8) is 0 Å². The van der Waals surface area contributed by atoms with Crippen LogP contribution in [0.2, 0.25) is 0 Å². The van der Waals surface area contributed by atoms with Gasteiger partial charge in [0, 0.05) is 13.1 Å². The number of fused-ring (bicyclic) bond motifs is 1. The highest BCUT2D eigenvalue weighted by Crippen LogP contribution is 2.32. The Morgan fingerprint density at radius 1 is 1.33 bits per heavy atom. The van der Waals surface area contributed by atoms with E-state index in [-0.39, 0.29) is 11.9 Å². The number of carbonyl (C=O) groups is 2. The average molecular weight is 292 g/mol. The fourth-order valence-electron chi connectivity index (χ4n) is 3.24. The van der Waals surface area contributed by atoms with Crippen molar-refractivity contribution in [1.29, 1.82) is 0 Å². The largest absolute Gasteiger partial charge is 0.480 e. The van der Waals surface area contributed by atoms with E-state index in [9.17, 15) is 19.1 Å². The Kier molecular flexibility index (Phi) is 3.31. The van der Waals surface area contributed by atoms with Gasteiger partial charge in [0.25, 0.3) is 0 Å². The van der Waals surface area contributed by atoms with Crippen LogP contribution in [-0.2, 0) is 11.2 Å². The van der Waals surface area contributed by atoms with Gasteiger partial charge in [-0.15, -0.1) is 0 Å². The van der Waals surface area contributed by atoms with Crippen LogP contribution in [0, 0.1) is 11.7 Å². The molecule has 1 saturated heterocycles. The van der Waals surface area contributed by atoms with Crippen molar-refractivity contribution in [3.05, 3.63) is 29.6 Å². The molecule has 1 aromatic carbocycles. The summed E-state index contributed by atoms with van der Waals surface area (Å²) < 4.78 is 13.4. The van der Waals surface area contributed by atoms with E-state index < -0.39 is 17.8 Å². The number of hydrogen-bond acceptors (Lipinski definition) is 2. The quantitative estimate of drug-likeness (QED) is 0.862. The molecular weight excluding hydrogens is 275 g/mol. The number of carbonyl (C=O) groups excluding carboxylic acids is 1. The lowest BCUT2D eigenvalue weighted by molar-refractivity contribution is -0.142. The molecule has 0 aromatic heterocycles. The van der Waals surface area contributed by atoms with Crippen LogP contribution in [0.15, 0.2) is 18.2 Å². The highest BCUT2D eigenvalue weighted by molar-refractivity contribution is 5.96. The van der Waals surface area contributed by atoms with Crippen LogP contribution in [0.5, 0.6) is 0 Å². The van der Waals surface area contributed by atoms with Crippen LogP contribution in [-0.4, -0.2) is 41.1 Å². The molecule has 0 saturated carbocycles. The summed E-state index contributed by atoms with van der Waals surface area (Å²) in [4.78, 5) is 26.9. The zero-order valence-corrected chi connectivity index (χ0v) is 11.8. The van der Waals surface area contributed by atoms with Gasteiger partial charge in [-0.25, -0.2) is 14.0 Å². The summed E-state index contributed by atoms with van der Waals surface area (Å²) in [6.45, 7) is 2.73. The summed E-state index contributed by atoms with van der Waals surface area (Å²) in [5.74, 6) is -1.44. The molecule has 112 valence electrons. The number of rotatable bonds is 1. The minimum Gasteiger partial charge on any atom is -0.480 e. The fourth-order valence-corrected chi connectivity index (χ4v) is 3.24. The van der Waals surface area contributed by atoms with Crippen LogP contribution in [0.3, 0.4) is 0 Å². The molecule has 6 heteroatoms. The number of nitrogens with zero attached hydrogens (tertiary/aromatic N) is 2. The van der Waals surface area contributed by atoms with E-state index in [1.807, 2.05) is 6.92 Å². The summed E-state index contributed by atoms with van der Waals surface area (Å²) in [7, 11) is 0. The van der Waals surface area contributed by atoms with Gasteiger partial charge in [0.2, 0.25) is 0 Å². The maximum absolute atomic E-state index is 13.4. The molecule has 21 heavy (non-hydrogen) atoms. The highest BCUT2D eigenvalue weighted by Gasteiger charge is 2.42. The molecule has 3 rings (SSSR count). The summed E-state index contributed by atoms with van der Waals surface area (Å²) >= 11 is 0. The fraction of sp³-hybridized carbons (Fsp3) is 0.467. The van der Waals surface area contributed by atoms with Gasteiger partial charge in [-0.1, -0.05) is 13.0 Å². The monoisotopic (exact) mass is 292 g/mol. The van der Waals surface area contributed by atoms with Crippen molar-refractivity contribution in [2.75, 3.05) is 18.0 Å². The van der Waals surface area contributed by atoms with Gasteiger partial charge in [-0.3, -0.25) is 4.90 Å². The molecule has 2 heterocycles. The van der Waals surface area contributed by atoms with Gasteiger partial charge in [0.1, 0.15) is 11.9 Å². The smallest absolute Gasteiger partial charge is 0.326 e. The first-order valence-electron chi connectivity index (χ1n) is 7.08. The number of hydrogen-bond donors (Lipinski definition) is 1. The van der Waals surface area contributed by atoms with Gasteiger partial charge < -0.3 is 10.0 Å². The molecule has 1 aromatic rings. The highest BCUT2D eigenvalue weighted by atomic mass is 19.1. The molecule has 2 atom stereocenters. The average Bonchev–Trinajstić information content (AvgIpc) is 3.01. The third kappa shape index (κ3) is 2.24. The number of aliphatic carboxylic acids is 1. The van der Waals surface area contributed by atoms with Crippen molar-refractivity contribution >= 4 is 17.7 Å². The van der Waals surface area contributed by atoms with Gasteiger partial charge in [-0.2, -0.15) is 0 Å². The van der Waals surface area contributed by atoms with E-state index in [2.05, 4.69) is 0 Å². The maximum atomic E-state index is 13.4. The first kappa shape index (κ1) is 13.9. The molecule has 2 unspecified atom stereocenters. The maximum Gasteiger partial charge on any atom is 0.326 e. The first-order chi connectivity index (χ1) is 9.99. The second-order valence-electron chi connectivity index (χ2n) is 5.70. The second-order valence-corrected chi connectivity index (χ2v) is 5.70. The molecule has 2 aliphatic heterocycles. The Labute approximate surface area is 122 Å². The summed E-state index contributed by atoms with van der Waals surface area (Å²) in [5.41, 5.74) is 1.48. The van der Waals surface area contributed by atoms with Crippen LogP contribution in [0.1, 0.15) is 18.9 Å². The van der Waals surface area contributed by atoms with E-state index >= 15 is 0 Å². The van der Waals surface area contributed by atoms with Crippen LogP contribution in [0.4, 0.5) is 14.9 Å². The summed E-state index contributed by atoms with van der Waals surface area (Å²) in [6, 6.07) is 3.27. The van der Waals surface area contributed by atoms with Crippen LogP contribution in [0.25, 0.3) is 0 Å². The first-order valence-corrected chi connectivity index (χ1v) is 7.08. The lowest BCUT2D eigenvalue weighted by atomic mass is 10.0. The standard InChI is InChI=1S/C15H17FN2O3/c1-9-4-6-18(13(9)14(19)20)15(21)17-7-5-10-2-3-11(16)8-12(10)17/h2-3,8-9,13H,4-7H2,1H3,(H,19,20). The third-order valence-corrected chi connectivity index (χ3v) is 4.37. The van der Waals surface area contributed by atoms with E-state index in [4.69, 9.17) is 0 Å². The minimum absolute atomic E-state index is 0.0685.